The molecule has 0 saturated heterocycles. The minimum absolute atomic E-state index is 0.0698. The van der Waals surface area contributed by atoms with E-state index in [1.807, 2.05) is 0 Å². The summed E-state index contributed by atoms with van der Waals surface area (Å²) in [5.74, 6) is -0.788. The topological polar surface area (TPSA) is 157 Å². The van der Waals surface area contributed by atoms with Gasteiger partial charge in [-0.3, -0.25) is 20.0 Å². The molecule has 6 rings (SSSR count). The molecule has 6 aromatic rings. The monoisotopic (exact) mass is 594 g/mol. The van der Waals surface area contributed by atoms with Crippen LogP contribution in [0.15, 0.2) is 68.6 Å². The Hall–Kier alpha value is -5.01. The van der Waals surface area contributed by atoms with Crippen molar-refractivity contribution in [3.63, 3.8) is 0 Å². The molecule has 0 aliphatic carbocycles. The molecule has 0 aliphatic heterocycles. The Morgan fingerprint density at radius 1 is 1.15 bits per heavy atom. The first-order valence-corrected chi connectivity index (χ1v) is 12.7. The highest BCUT2D eigenvalue weighted by Crippen LogP contribution is 2.39. The van der Waals surface area contributed by atoms with Gasteiger partial charge in [-0.15, -0.1) is 0 Å². The molecule has 41 heavy (non-hydrogen) atoms. The first-order chi connectivity index (χ1) is 19.8. The molecule has 0 fully saturated rings. The Labute approximate surface area is 239 Å². The number of hydrogen-bond donors (Lipinski definition) is 3. The van der Waals surface area contributed by atoms with E-state index >= 15 is 4.39 Å². The Kier molecular flexibility index (Phi) is 6.73. The Morgan fingerprint density at radius 2 is 1.98 bits per heavy atom. The van der Waals surface area contributed by atoms with Crippen molar-refractivity contribution in [2.75, 3.05) is 10.7 Å². The predicted molar refractivity (Wildman–Crippen MR) is 148 cm³/mol. The third kappa shape index (κ3) is 5.15. The number of pyridine rings is 1. The number of benzene rings is 2. The van der Waals surface area contributed by atoms with Crippen molar-refractivity contribution in [3.05, 3.63) is 98.3 Å². The van der Waals surface area contributed by atoms with E-state index in [9.17, 15) is 9.59 Å². The normalized spacial score (nSPS) is 11.2. The van der Waals surface area contributed by atoms with Gasteiger partial charge >= 0.3 is 5.91 Å². The van der Waals surface area contributed by atoms with Crippen LogP contribution in [-0.2, 0) is 6.54 Å². The largest absolute Gasteiger partial charge is 0.373 e. The van der Waals surface area contributed by atoms with E-state index < -0.39 is 17.3 Å². The maximum Gasteiger partial charge on any atom is 0.308 e. The van der Waals surface area contributed by atoms with Crippen LogP contribution in [-0.4, -0.2) is 35.8 Å². The number of aryl methyl sites for hydroxylation is 1. The Bertz CT molecular complexity index is 2000. The van der Waals surface area contributed by atoms with Crippen LogP contribution in [0, 0.1) is 12.7 Å². The molecule has 0 saturated carbocycles. The zero-order valence-electron chi connectivity index (χ0n) is 20.9. The van der Waals surface area contributed by atoms with E-state index in [0.717, 1.165) is 6.07 Å². The third-order valence-corrected chi connectivity index (χ3v) is 6.49. The summed E-state index contributed by atoms with van der Waals surface area (Å²) in [6, 6.07) is 12.5. The number of carbonyl (C=O) groups excluding carboxylic acids is 1. The van der Waals surface area contributed by atoms with Gasteiger partial charge < -0.3 is 14.4 Å². The summed E-state index contributed by atoms with van der Waals surface area (Å²) in [5, 5.41) is 9.59. The molecule has 4 aromatic heterocycles. The van der Waals surface area contributed by atoms with Crippen molar-refractivity contribution in [1.82, 2.24) is 29.9 Å². The fourth-order valence-electron chi connectivity index (χ4n) is 4.15. The van der Waals surface area contributed by atoms with Gasteiger partial charge in [-0.1, -0.05) is 40.5 Å². The summed E-state index contributed by atoms with van der Waals surface area (Å²) >= 11 is 12.7. The van der Waals surface area contributed by atoms with Crippen LogP contribution in [0.2, 0.25) is 10.0 Å². The van der Waals surface area contributed by atoms with Crippen molar-refractivity contribution in [2.45, 2.75) is 13.5 Å². The third-order valence-electron chi connectivity index (χ3n) is 5.97. The van der Waals surface area contributed by atoms with Crippen molar-refractivity contribution >= 4 is 46.1 Å². The van der Waals surface area contributed by atoms with Crippen molar-refractivity contribution in [3.8, 4) is 22.5 Å². The van der Waals surface area contributed by atoms with Crippen LogP contribution in [0.4, 0.5) is 10.3 Å². The fraction of sp³-hybridized carbons (Fsp3) is 0.0769. The molecule has 0 atom stereocenters. The Balaban J connectivity index is 1.29. The number of nitrogens with one attached hydrogen (secondary N) is 3. The smallest absolute Gasteiger partial charge is 0.308 e. The molecule has 0 bridgehead atoms. The second-order valence-corrected chi connectivity index (χ2v) is 9.57. The summed E-state index contributed by atoms with van der Waals surface area (Å²) < 4.78 is 26.7. The lowest BCUT2D eigenvalue weighted by Gasteiger charge is -2.13. The highest BCUT2D eigenvalue weighted by Gasteiger charge is 2.20. The van der Waals surface area contributed by atoms with Gasteiger partial charge in [-0.25, -0.2) is 14.1 Å². The van der Waals surface area contributed by atoms with Gasteiger partial charge in [-0.2, -0.15) is 10.1 Å². The molecular weight excluding hydrogens is 578 g/mol. The van der Waals surface area contributed by atoms with Gasteiger partial charge in [0.05, 0.1) is 34.4 Å². The SMILES string of the molecule is Cc1nc(-c2c(Cl)cc(Cl)cc2-c2cnc(CNc3nc4ccccc4n3NC(=O)c3cc(=O)[nH]o3)c(F)c2)no1. The lowest BCUT2D eigenvalue weighted by molar-refractivity contribution is 0.0973. The minimum atomic E-state index is -0.698. The molecule has 4 heterocycles. The predicted octanol–water partition coefficient (Wildman–Crippen LogP) is 5.18. The number of H-pyrrole nitrogens is 1. The molecule has 3 N–H and O–H groups in total. The van der Waals surface area contributed by atoms with Gasteiger partial charge in [0.15, 0.2) is 0 Å². The number of para-hydroxylation sites is 2. The molecule has 15 heteroatoms. The Morgan fingerprint density at radius 3 is 2.71 bits per heavy atom. The van der Waals surface area contributed by atoms with E-state index in [1.54, 1.807) is 37.3 Å². The van der Waals surface area contributed by atoms with Crippen LogP contribution in [0.25, 0.3) is 33.5 Å². The molecule has 2 aromatic carbocycles. The number of aromatic amines is 1. The number of fused-ring (bicyclic) bond motifs is 1. The summed E-state index contributed by atoms with van der Waals surface area (Å²) in [4.78, 5) is 37.0. The quantitative estimate of drug-likeness (QED) is 0.226. The highest BCUT2D eigenvalue weighted by atomic mass is 35.5. The number of amides is 1. The number of imidazole rings is 1. The first-order valence-electron chi connectivity index (χ1n) is 11.9. The van der Waals surface area contributed by atoms with Crippen molar-refractivity contribution < 1.29 is 18.2 Å². The standard InChI is InChI=1S/C26H17Cl2FN8O4/c1-12-32-24(36-40-12)23-15(7-14(27)8-16(23)28)13-6-17(29)19(30-10-13)11-31-26-33-18-4-2-3-5-20(18)37(26)34-25(39)21-9-22(38)35-41-21/h2-10H,11H2,1H3,(H,31,33)(H,34,39)(H,35,38). The minimum Gasteiger partial charge on any atom is -0.373 e. The molecule has 12 nitrogen and oxygen atoms in total. The maximum atomic E-state index is 15.4. The average molecular weight is 595 g/mol. The number of rotatable bonds is 7. The van der Waals surface area contributed by atoms with E-state index in [4.69, 9.17) is 32.2 Å². The van der Waals surface area contributed by atoms with Crippen LogP contribution >= 0.6 is 23.2 Å². The zero-order chi connectivity index (χ0) is 28.7. The summed E-state index contributed by atoms with van der Waals surface area (Å²) in [5.41, 5.74) is 4.51. The molecular formula is C26H17Cl2FN8O4. The van der Waals surface area contributed by atoms with Gasteiger partial charge in [-0.05, 0) is 35.9 Å². The molecule has 0 aliphatic rings. The first kappa shape index (κ1) is 26.2. The highest BCUT2D eigenvalue weighted by molar-refractivity contribution is 6.37. The van der Waals surface area contributed by atoms with Crippen molar-refractivity contribution in [1.29, 1.82) is 0 Å². The zero-order valence-corrected chi connectivity index (χ0v) is 22.4. The number of nitrogens with zero attached hydrogens (tertiary/aromatic N) is 5. The van der Waals surface area contributed by atoms with E-state index in [2.05, 4.69) is 36.0 Å². The van der Waals surface area contributed by atoms with Gasteiger partial charge in [0.25, 0.3) is 5.56 Å². The van der Waals surface area contributed by atoms with Crippen LogP contribution in [0.3, 0.4) is 0 Å². The molecule has 0 radical (unpaired) electrons. The van der Waals surface area contributed by atoms with Gasteiger partial charge in [0.2, 0.25) is 23.4 Å². The summed E-state index contributed by atoms with van der Waals surface area (Å²) in [6.07, 6.45) is 1.47. The molecule has 0 spiro atoms. The fourth-order valence-corrected chi connectivity index (χ4v) is 4.72. The molecule has 1 amide bonds. The van der Waals surface area contributed by atoms with Gasteiger partial charge in [0.1, 0.15) is 5.82 Å². The maximum absolute atomic E-state index is 15.4. The lowest BCUT2D eigenvalue weighted by Crippen LogP contribution is -2.24. The number of anilines is 1. The van der Waals surface area contributed by atoms with Crippen molar-refractivity contribution in [2.24, 2.45) is 0 Å². The molecule has 206 valence electrons. The second-order valence-electron chi connectivity index (χ2n) is 8.73. The number of carbonyl (C=O) groups is 1. The van der Waals surface area contributed by atoms with Crippen LogP contribution < -0.4 is 16.3 Å². The number of hydrogen-bond acceptors (Lipinski definition) is 9. The number of halogens is 3. The lowest BCUT2D eigenvalue weighted by atomic mass is 10.00. The summed E-state index contributed by atoms with van der Waals surface area (Å²) in [7, 11) is 0. The average Bonchev–Trinajstić information content (AvgIpc) is 3.66. The van der Waals surface area contributed by atoms with E-state index in [-0.39, 0.29) is 34.8 Å². The van der Waals surface area contributed by atoms with Crippen LogP contribution in [0.5, 0.6) is 0 Å². The molecule has 0 unspecified atom stereocenters. The van der Waals surface area contributed by atoms with E-state index in [0.29, 0.717) is 38.6 Å². The van der Waals surface area contributed by atoms with E-state index in [1.165, 1.54) is 23.0 Å². The number of aromatic nitrogens is 6. The van der Waals surface area contributed by atoms with Gasteiger partial charge in [0, 0.05) is 29.3 Å². The second kappa shape index (κ2) is 10.5. The summed E-state index contributed by atoms with van der Waals surface area (Å²) in [6.45, 7) is 1.55. The van der Waals surface area contributed by atoms with Crippen LogP contribution in [0.1, 0.15) is 22.1 Å².